The minimum Gasteiger partial charge on any atom is -0.333 e. The number of nitrogens with one attached hydrogen (secondary N) is 1. The van der Waals surface area contributed by atoms with Crippen molar-refractivity contribution in [1.29, 1.82) is 0 Å². The first-order chi connectivity index (χ1) is 13.5. The summed E-state index contributed by atoms with van der Waals surface area (Å²) in [6, 6.07) is 7.60. The standard InChI is InChI=1S/C22H28N2O3S/c25-19(13-14-7-8-15-4-1-2-5-16(15)12-14)24-11-3-6-18(24)21(26)17-9-10-23-20(17)22(27)28/h1-2,4-5,14,17-18,20,23H,3,6-13H2,(H,27,28)/t14-,17?,18-,20-/m0/s1. The number of ketones is 1. The molecule has 150 valence electrons. The lowest BCUT2D eigenvalue weighted by atomic mass is 9.82. The van der Waals surface area contributed by atoms with Gasteiger partial charge < -0.3 is 10.2 Å². The number of carbonyl (C=O) groups excluding carboxylic acids is 3. The van der Waals surface area contributed by atoms with Gasteiger partial charge in [-0.1, -0.05) is 24.3 Å². The largest absolute Gasteiger partial charge is 0.333 e. The van der Waals surface area contributed by atoms with Crippen molar-refractivity contribution in [3.63, 3.8) is 0 Å². The van der Waals surface area contributed by atoms with Gasteiger partial charge in [-0.25, -0.2) is 0 Å². The molecular formula is C22H28N2O3S. The lowest BCUT2D eigenvalue weighted by Crippen LogP contribution is -2.47. The number of nitrogens with zero attached hydrogens (tertiary/aromatic N) is 1. The first-order valence-electron chi connectivity index (χ1n) is 10.4. The molecule has 0 saturated carbocycles. The third-order valence-corrected chi connectivity index (χ3v) is 6.95. The molecule has 5 nitrogen and oxygen atoms in total. The second kappa shape index (κ2) is 8.37. The SMILES string of the molecule is O=C(S)[C@H]1NCCC1C(=O)[C@@H]1CCCN1C(=O)C[C@H]1CCc2ccccc2C1. The van der Waals surface area contributed by atoms with E-state index in [-0.39, 0.29) is 28.8 Å². The van der Waals surface area contributed by atoms with Crippen LogP contribution < -0.4 is 5.32 Å². The molecule has 3 aliphatic rings. The molecule has 0 bridgehead atoms. The molecule has 0 spiro atoms. The summed E-state index contributed by atoms with van der Waals surface area (Å²) in [5, 5.41) is 2.79. The zero-order valence-electron chi connectivity index (χ0n) is 16.1. The molecule has 1 N–H and O–H groups in total. The van der Waals surface area contributed by atoms with Crippen molar-refractivity contribution < 1.29 is 14.4 Å². The van der Waals surface area contributed by atoms with E-state index in [2.05, 4.69) is 42.2 Å². The predicted octanol–water partition coefficient (Wildman–Crippen LogP) is 2.18. The number of carbonyl (C=O) groups is 3. The Balaban J connectivity index is 1.40. The van der Waals surface area contributed by atoms with E-state index in [1.807, 2.05) is 0 Å². The average molecular weight is 401 g/mol. The summed E-state index contributed by atoms with van der Waals surface area (Å²) < 4.78 is 0. The number of likely N-dealkylation sites (tertiary alicyclic amines) is 1. The van der Waals surface area contributed by atoms with Crippen molar-refractivity contribution in [3.8, 4) is 0 Å². The Morgan fingerprint density at radius 1 is 1.11 bits per heavy atom. The second-order valence-corrected chi connectivity index (χ2v) is 8.84. The summed E-state index contributed by atoms with van der Waals surface area (Å²) >= 11 is 3.93. The van der Waals surface area contributed by atoms with Gasteiger partial charge in [0.15, 0.2) is 5.78 Å². The number of aryl methyl sites for hydroxylation is 1. The van der Waals surface area contributed by atoms with Gasteiger partial charge in [0.05, 0.1) is 12.1 Å². The molecule has 1 amide bonds. The Morgan fingerprint density at radius 2 is 1.89 bits per heavy atom. The summed E-state index contributed by atoms with van der Waals surface area (Å²) in [5.41, 5.74) is 2.75. The highest BCUT2D eigenvalue weighted by atomic mass is 32.1. The zero-order valence-corrected chi connectivity index (χ0v) is 17.0. The molecule has 28 heavy (non-hydrogen) atoms. The van der Waals surface area contributed by atoms with E-state index in [9.17, 15) is 14.4 Å². The number of fused-ring (bicyclic) bond motifs is 1. The molecule has 4 atom stereocenters. The molecule has 1 aromatic rings. The fourth-order valence-corrected chi connectivity index (χ4v) is 5.46. The van der Waals surface area contributed by atoms with Crippen LogP contribution >= 0.6 is 12.6 Å². The Bertz CT molecular complexity index is 781. The van der Waals surface area contributed by atoms with Crippen LogP contribution in [0.3, 0.4) is 0 Å². The Morgan fingerprint density at radius 3 is 2.68 bits per heavy atom. The zero-order chi connectivity index (χ0) is 19.7. The summed E-state index contributed by atoms with van der Waals surface area (Å²) in [5.74, 6) is 0.126. The van der Waals surface area contributed by atoms with E-state index in [1.54, 1.807) is 4.90 Å². The Kier molecular flexibility index (Phi) is 5.88. The smallest absolute Gasteiger partial charge is 0.223 e. The van der Waals surface area contributed by atoms with Crippen LogP contribution in [0.5, 0.6) is 0 Å². The van der Waals surface area contributed by atoms with Gasteiger partial charge in [0.25, 0.3) is 0 Å². The van der Waals surface area contributed by atoms with Crippen molar-refractivity contribution in [1.82, 2.24) is 10.2 Å². The lowest BCUT2D eigenvalue weighted by molar-refractivity contribution is -0.140. The van der Waals surface area contributed by atoms with Crippen LogP contribution in [0.2, 0.25) is 0 Å². The molecule has 4 rings (SSSR count). The first kappa shape index (κ1) is 19.6. The van der Waals surface area contributed by atoms with E-state index in [1.165, 1.54) is 11.1 Å². The number of benzene rings is 1. The van der Waals surface area contributed by atoms with Crippen LogP contribution in [0.15, 0.2) is 24.3 Å². The van der Waals surface area contributed by atoms with E-state index in [4.69, 9.17) is 0 Å². The number of rotatable bonds is 5. The van der Waals surface area contributed by atoms with Crippen molar-refractivity contribution >= 4 is 29.4 Å². The fraction of sp³-hybridized carbons (Fsp3) is 0.591. The molecule has 0 radical (unpaired) electrons. The summed E-state index contributed by atoms with van der Waals surface area (Å²) in [7, 11) is 0. The van der Waals surface area contributed by atoms with Crippen LogP contribution in [0.25, 0.3) is 0 Å². The fourth-order valence-electron chi connectivity index (χ4n) is 5.19. The van der Waals surface area contributed by atoms with Crippen LogP contribution in [-0.4, -0.2) is 46.9 Å². The highest BCUT2D eigenvalue weighted by molar-refractivity contribution is 7.96. The molecule has 1 aliphatic carbocycles. The lowest BCUT2D eigenvalue weighted by Gasteiger charge is -2.30. The third kappa shape index (κ3) is 3.90. The van der Waals surface area contributed by atoms with Crippen LogP contribution in [0.4, 0.5) is 0 Å². The van der Waals surface area contributed by atoms with E-state index in [0.29, 0.717) is 38.3 Å². The number of Topliss-reactive ketones (excluding diaryl/α,β-unsaturated/α-hetero) is 1. The molecule has 2 aliphatic heterocycles. The highest BCUT2D eigenvalue weighted by Crippen LogP contribution is 2.31. The van der Waals surface area contributed by atoms with Gasteiger partial charge in [0.2, 0.25) is 11.0 Å². The van der Waals surface area contributed by atoms with Gasteiger partial charge in [0, 0.05) is 18.9 Å². The molecule has 6 heteroatoms. The topological polar surface area (TPSA) is 66.5 Å². The van der Waals surface area contributed by atoms with Gasteiger partial charge in [-0.05, 0) is 62.1 Å². The quantitative estimate of drug-likeness (QED) is 0.744. The number of thiol groups is 1. The molecule has 1 aromatic carbocycles. The molecule has 2 heterocycles. The molecule has 2 fully saturated rings. The van der Waals surface area contributed by atoms with Crippen LogP contribution in [-0.2, 0) is 27.2 Å². The van der Waals surface area contributed by atoms with Crippen molar-refractivity contribution in [2.45, 2.75) is 57.0 Å². The van der Waals surface area contributed by atoms with E-state index < -0.39 is 6.04 Å². The monoisotopic (exact) mass is 400 g/mol. The highest BCUT2D eigenvalue weighted by Gasteiger charge is 2.43. The maximum absolute atomic E-state index is 13.1. The van der Waals surface area contributed by atoms with E-state index in [0.717, 1.165) is 25.7 Å². The molecule has 0 aromatic heterocycles. The van der Waals surface area contributed by atoms with Crippen LogP contribution in [0, 0.1) is 11.8 Å². The predicted molar refractivity (Wildman–Crippen MR) is 110 cm³/mol. The van der Waals surface area contributed by atoms with Gasteiger partial charge >= 0.3 is 0 Å². The summed E-state index contributed by atoms with van der Waals surface area (Å²) in [6.07, 6.45) is 5.71. The second-order valence-electron chi connectivity index (χ2n) is 8.39. The van der Waals surface area contributed by atoms with Crippen molar-refractivity contribution in [2.75, 3.05) is 13.1 Å². The number of hydrogen-bond acceptors (Lipinski definition) is 4. The van der Waals surface area contributed by atoms with Crippen molar-refractivity contribution in [3.05, 3.63) is 35.4 Å². The molecular weight excluding hydrogens is 372 g/mol. The number of hydrogen-bond donors (Lipinski definition) is 2. The van der Waals surface area contributed by atoms with Gasteiger partial charge in [-0.15, -0.1) is 12.6 Å². The molecule has 1 unspecified atom stereocenters. The summed E-state index contributed by atoms with van der Waals surface area (Å²) in [6.45, 7) is 1.30. The van der Waals surface area contributed by atoms with Crippen molar-refractivity contribution in [2.24, 2.45) is 11.8 Å². The minimum atomic E-state index is -0.511. The first-order valence-corrected chi connectivity index (χ1v) is 10.9. The van der Waals surface area contributed by atoms with Gasteiger partial charge in [0.1, 0.15) is 0 Å². The average Bonchev–Trinajstić information content (AvgIpc) is 3.37. The number of amides is 1. The van der Waals surface area contributed by atoms with E-state index >= 15 is 0 Å². The van der Waals surface area contributed by atoms with Gasteiger partial charge in [-0.3, -0.25) is 14.4 Å². The minimum absolute atomic E-state index is 0.0391. The Labute approximate surface area is 171 Å². The Hall–Kier alpha value is -1.66. The molecule has 2 saturated heterocycles. The maximum Gasteiger partial charge on any atom is 0.223 e. The summed E-state index contributed by atoms with van der Waals surface area (Å²) in [4.78, 5) is 39.7. The van der Waals surface area contributed by atoms with Crippen LogP contribution in [0.1, 0.15) is 43.2 Å². The van der Waals surface area contributed by atoms with Gasteiger partial charge in [-0.2, -0.15) is 0 Å². The third-order valence-electron chi connectivity index (χ3n) is 6.67. The normalized spacial score (nSPS) is 29.5. The maximum atomic E-state index is 13.1.